The molecule has 0 radical (unpaired) electrons. The van der Waals surface area contributed by atoms with E-state index in [4.69, 9.17) is 9.47 Å². The van der Waals surface area contributed by atoms with Crippen molar-refractivity contribution in [3.8, 4) is 0 Å². The minimum atomic E-state index is 0.306. The van der Waals surface area contributed by atoms with Crippen LogP contribution in [0.5, 0.6) is 0 Å². The number of ether oxygens (including phenoxy) is 2. The van der Waals surface area contributed by atoms with Crippen molar-refractivity contribution in [3.63, 3.8) is 0 Å². The second kappa shape index (κ2) is 10.3. The summed E-state index contributed by atoms with van der Waals surface area (Å²) < 4.78 is 11.0. The third-order valence-electron chi connectivity index (χ3n) is 5.34. The number of allylic oxidation sites excluding steroid dienone is 3. The van der Waals surface area contributed by atoms with Gasteiger partial charge in [-0.15, -0.1) is 0 Å². The highest BCUT2D eigenvalue weighted by molar-refractivity contribution is 5.10. The number of rotatable bonds is 8. The van der Waals surface area contributed by atoms with Gasteiger partial charge >= 0.3 is 0 Å². The van der Waals surface area contributed by atoms with Crippen LogP contribution in [0.1, 0.15) is 65.2 Å². The Hall–Kier alpha value is -0.640. The molecule has 132 valence electrons. The zero-order chi connectivity index (χ0) is 16.5. The van der Waals surface area contributed by atoms with Gasteiger partial charge in [0.1, 0.15) is 6.79 Å². The summed E-state index contributed by atoms with van der Waals surface area (Å²) in [6.07, 6.45) is 19.7. The summed E-state index contributed by atoms with van der Waals surface area (Å²) in [5.74, 6) is 0. The molecule has 0 bridgehead atoms. The van der Waals surface area contributed by atoms with E-state index in [1.807, 2.05) is 0 Å². The molecule has 0 spiro atoms. The molecule has 23 heavy (non-hydrogen) atoms. The van der Waals surface area contributed by atoms with Gasteiger partial charge in [-0.1, -0.05) is 50.5 Å². The lowest BCUT2D eigenvalue weighted by molar-refractivity contribution is -0.131. The Morgan fingerprint density at radius 2 is 2.00 bits per heavy atom. The van der Waals surface area contributed by atoms with E-state index in [-0.39, 0.29) is 0 Å². The SMILES string of the molecule is CCCC/C=C/C=C/[C@@H]1CCC[C@H]2CC[C@@H](OCOC)[C@H](C)N21. The van der Waals surface area contributed by atoms with Crippen LogP contribution in [0.3, 0.4) is 0 Å². The van der Waals surface area contributed by atoms with Crippen LogP contribution in [-0.2, 0) is 9.47 Å². The third-order valence-corrected chi connectivity index (χ3v) is 5.34. The average molecular weight is 322 g/mol. The number of nitrogens with zero attached hydrogens (tertiary/aromatic N) is 1. The Balaban J connectivity index is 1.93. The van der Waals surface area contributed by atoms with Gasteiger partial charge in [0.15, 0.2) is 0 Å². The largest absolute Gasteiger partial charge is 0.359 e. The molecule has 3 heteroatoms. The molecule has 4 atom stereocenters. The summed E-state index contributed by atoms with van der Waals surface area (Å²) in [6, 6.07) is 1.77. The third kappa shape index (κ3) is 5.44. The number of hydrogen-bond acceptors (Lipinski definition) is 3. The molecule has 3 nitrogen and oxygen atoms in total. The Morgan fingerprint density at radius 1 is 1.13 bits per heavy atom. The quantitative estimate of drug-likeness (QED) is 0.368. The summed E-state index contributed by atoms with van der Waals surface area (Å²) >= 11 is 0. The van der Waals surface area contributed by atoms with E-state index in [1.54, 1.807) is 7.11 Å². The normalized spacial score (nSPS) is 32.7. The molecule has 2 fully saturated rings. The van der Waals surface area contributed by atoms with E-state index < -0.39 is 0 Å². The summed E-state index contributed by atoms with van der Waals surface area (Å²) in [4.78, 5) is 2.71. The van der Waals surface area contributed by atoms with Crippen LogP contribution >= 0.6 is 0 Å². The Kier molecular flexibility index (Phi) is 8.35. The molecule has 0 unspecified atom stereocenters. The van der Waals surface area contributed by atoms with Crippen molar-refractivity contribution in [1.29, 1.82) is 0 Å². The first-order valence-electron chi connectivity index (χ1n) is 9.49. The molecule has 2 saturated heterocycles. The van der Waals surface area contributed by atoms with Gasteiger partial charge in [-0.2, -0.15) is 0 Å². The fraction of sp³-hybridized carbons (Fsp3) is 0.800. The number of fused-ring (bicyclic) bond motifs is 1. The van der Waals surface area contributed by atoms with Crippen molar-refractivity contribution in [2.45, 2.75) is 89.4 Å². The summed E-state index contributed by atoms with van der Waals surface area (Å²) in [5, 5.41) is 0. The maximum atomic E-state index is 5.91. The summed E-state index contributed by atoms with van der Waals surface area (Å²) in [5.41, 5.74) is 0. The zero-order valence-electron chi connectivity index (χ0n) is 15.2. The van der Waals surface area contributed by atoms with Gasteiger partial charge in [-0.25, -0.2) is 0 Å². The number of piperidine rings is 2. The molecule has 0 amide bonds. The first-order valence-corrected chi connectivity index (χ1v) is 9.49. The molecule has 0 aromatic rings. The van der Waals surface area contributed by atoms with E-state index in [0.29, 0.717) is 25.0 Å². The number of hydrogen-bond donors (Lipinski definition) is 0. The van der Waals surface area contributed by atoms with Gasteiger partial charge in [0.25, 0.3) is 0 Å². The van der Waals surface area contributed by atoms with Gasteiger partial charge < -0.3 is 9.47 Å². The van der Waals surface area contributed by atoms with Crippen molar-refractivity contribution in [2.75, 3.05) is 13.9 Å². The standard InChI is InChI=1S/C20H35NO2/c1-4-5-6-7-8-9-11-18-12-10-13-19-14-15-20(23-16-22-3)17(2)21(18)19/h7-9,11,17-20H,4-6,10,12-16H2,1-3H3/b8-7+,11-9+/t17-,18+,19-,20+/m0/s1. The molecule has 2 heterocycles. The minimum Gasteiger partial charge on any atom is -0.359 e. The maximum absolute atomic E-state index is 5.91. The lowest BCUT2D eigenvalue weighted by Crippen LogP contribution is -2.58. The van der Waals surface area contributed by atoms with Gasteiger partial charge in [0.2, 0.25) is 0 Å². The Labute approximate surface area is 142 Å². The van der Waals surface area contributed by atoms with Crippen LogP contribution < -0.4 is 0 Å². The van der Waals surface area contributed by atoms with Crippen molar-refractivity contribution in [2.24, 2.45) is 0 Å². The molecule has 0 aromatic carbocycles. The molecule has 2 rings (SSSR count). The van der Waals surface area contributed by atoms with E-state index in [9.17, 15) is 0 Å². The Bertz CT molecular complexity index is 380. The molecule has 0 aliphatic carbocycles. The fourth-order valence-electron chi connectivity index (χ4n) is 4.11. The van der Waals surface area contributed by atoms with Crippen LogP contribution in [0, 0.1) is 0 Å². The van der Waals surface area contributed by atoms with Crippen LogP contribution in [0.25, 0.3) is 0 Å². The van der Waals surface area contributed by atoms with Gasteiger partial charge in [-0.3, -0.25) is 4.90 Å². The lowest BCUT2D eigenvalue weighted by atomic mass is 9.84. The highest BCUT2D eigenvalue weighted by atomic mass is 16.7. The first-order chi connectivity index (χ1) is 11.3. The van der Waals surface area contributed by atoms with Crippen LogP contribution in [0.4, 0.5) is 0 Å². The molecular weight excluding hydrogens is 286 g/mol. The molecule has 0 aromatic heterocycles. The molecule has 2 aliphatic heterocycles. The van der Waals surface area contributed by atoms with E-state index in [2.05, 4.69) is 43.1 Å². The minimum absolute atomic E-state index is 0.306. The van der Waals surface area contributed by atoms with Crippen LogP contribution in [0.15, 0.2) is 24.3 Å². The highest BCUT2D eigenvalue weighted by Crippen LogP contribution is 2.35. The van der Waals surface area contributed by atoms with Crippen molar-refractivity contribution in [3.05, 3.63) is 24.3 Å². The molecule has 0 N–H and O–H groups in total. The number of unbranched alkanes of at least 4 members (excludes halogenated alkanes) is 2. The second-order valence-electron chi connectivity index (χ2n) is 6.98. The van der Waals surface area contributed by atoms with Gasteiger partial charge in [-0.05, 0) is 39.0 Å². The van der Waals surface area contributed by atoms with Crippen molar-refractivity contribution in [1.82, 2.24) is 4.90 Å². The average Bonchev–Trinajstić information content (AvgIpc) is 2.57. The number of methoxy groups -OCH3 is 1. The monoisotopic (exact) mass is 321 g/mol. The summed E-state index contributed by atoms with van der Waals surface area (Å²) in [6.45, 7) is 4.98. The predicted octanol–water partition coefficient (Wildman–Crippen LogP) is 4.68. The topological polar surface area (TPSA) is 21.7 Å². The van der Waals surface area contributed by atoms with E-state index in [1.165, 1.54) is 51.4 Å². The zero-order valence-corrected chi connectivity index (χ0v) is 15.2. The smallest absolute Gasteiger partial charge is 0.146 e. The Morgan fingerprint density at radius 3 is 2.78 bits per heavy atom. The fourth-order valence-corrected chi connectivity index (χ4v) is 4.11. The van der Waals surface area contributed by atoms with Crippen LogP contribution in [0.2, 0.25) is 0 Å². The van der Waals surface area contributed by atoms with Gasteiger partial charge in [0, 0.05) is 25.2 Å². The first kappa shape index (κ1) is 18.7. The van der Waals surface area contributed by atoms with E-state index >= 15 is 0 Å². The lowest BCUT2D eigenvalue weighted by Gasteiger charge is -2.50. The maximum Gasteiger partial charge on any atom is 0.146 e. The van der Waals surface area contributed by atoms with Crippen LogP contribution in [-0.4, -0.2) is 43.0 Å². The van der Waals surface area contributed by atoms with Gasteiger partial charge in [0.05, 0.1) is 6.10 Å². The molecular formula is C20H35NO2. The van der Waals surface area contributed by atoms with Crippen molar-refractivity contribution >= 4 is 0 Å². The summed E-state index contributed by atoms with van der Waals surface area (Å²) in [7, 11) is 1.70. The van der Waals surface area contributed by atoms with Crippen molar-refractivity contribution < 1.29 is 9.47 Å². The molecule has 0 saturated carbocycles. The predicted molar refractivity (Wildman–Crippen MR) is 96.5 cm³/mol. The molecule has 2 aliphatic rings. The highest BCUT2D eigenvalue weighted by Gasteiger charge is 2.40. The van der Waals surface area contributed by atoms with E-state index in [0.717, 1.165) is 6.04 Å². The second-order valence-corrected chi connectivity index (χ2v) is 6.98.